The molecule has 2 heterocycles. The van der Waals surface area contributed by atoms with Gasteiger partial charge in [-0.25, -0.2) is 14.3 Å². The van der Waals surface area contributed by atoms with Crippen LogP contribution in [0.3, 0.4) is 0 Å². The molecule has 6 heteroatoms. The molecule has 0 saturated carbocycles. The topological polar surface area (TPSA) is 70.4 Å². The molecule has 142 valence electrons. The van der Waals surface area contributed by atoms with Crippen molar-refractivity contribution in [2.45, 2.75) is 26.4 Å². The second kappa shape index (κ2) is 7.31. The van der Waals surface area contributed by atoms with Gasteiger partial charge in [-0.3, -0.25) is 0 Å². The fourth-order valence-electron chi connectivity index (χ4n) is 3.12. The molecule has 0 spiro atoms. The van der Waals surface area contributed by atoms with Crippen LogP contribution in [0.5, 0.6) is 0 Å². The Morgan fingerprint density at radius 1 is 1.14 bits per heavy atom. The first-order valence-electron chi connectivity index (χ1n) is 9.13. The summed E-state index contributed by atoms with van der Waals surface area (Å²) >= 11 is 0. The highest BCUT2D eigenvalue weighted by molar-refractivity contribution is 5.97. The summed E-state index contributed by atoms with van der Waals surface area (Å²) in [4.78, 5) is 24.5. The Morgan fingerprint density at radius 3 is 2.61 bits per heavy atom. The number of nitrogens with zero attached hydrogens (tertiary/aromatic N) is 2. The van der Waals surface area contributed by atoms with E-state index in [1.165, 1.54) is 0 Å². The van der Waals surface area contributed by atoms with Crippen LogP contribution in [-0.4, -0.2) is 34.4 Å². The lowest BCUT2D eigenvalue weighted by atomic mass is 10.0. The fraction of sp³-hybridized carbons (Fsp3) is 0.227. The van der Waals surface area contributed by atoms with Crippen molar-refractivity contribution in [2.75, 3.05) is 6.61 Å². The first-order valence-corrected chi connectivity index (χ1v) is 9.13. The number of ether oxygens (including phenoxy) is 2. The molecule has 4 rings (SSSR count). The minimum Gasteiger partial charge on any atom is -0.463 e. The van der Waals surface area contributed by atoms with Gasteiger partial charge >= 0.3 is 11.9 Å². The van der Waals surface area contributed by atoms with Crippen molar-refractivity contribution in [3.8, 4) is 16.9 Å². The highest BCUT2D eigenvalue weighted by atomic mass is 16.6. The van der Waals surface area contributed by atoms with E-state index in [2.05, 4.69) is 5.10 Å². The maximum atomic E-state index is 12.9. The molecule has 1 fully saturated rings. The maximum absolute atomic E-state index is 12.9. The van der Waals surface area contributed by atoms with Gasteiger partial charge in [0.15, 0.2) is 0 Å². The van der Waals surface area contributed by atoms with E-state index in [1.807, 2.05) is 62.4 Å². The molecule has 1 aromatic heterocycles. The molecule has 0 radical (unpaired) electrons. The normalized spacial score (nSPS) is 16.1. The van der Waals surface area contributed by atoms with Gasteiger partial charge in [0, 0.05) is 18.2 Å². The van der Waals surface area contributed by atoms with Crippen LogP contribution in [0, 0.1) is 13.8 Å². The molecule has 0 bridgehead atoms. The van der Waals surface area contributed by atoms with Crippen molar-refractivity contribution < 1.29 is 19.1 Å². The van der Waals surface area contributed by atoms with Gasteiger partial charge in [-0.05, 0) is 43.2 Å². The van der Waals surface area contributed by atoms with Crippen LogP contribution in [0.2, 0.25) is 0 Å². The number of cyclic esters (lactones) is 1. The van der Waals surface area contributed by atoms with Crippen molar-refractivity contribution in [2.24, 2.45) is 0 Å². The number of para-hydroxylation sites is 1. The molecule has 0 unspecified atom stereocenters. The van der Waals surface area contributed by atoms with Crippen LogP contribution < -0.4 is 0 Å². The van der Waals surface area contributed by atoms with Crippen LogP contribution in [-0.2, 0) is 14.3 Å². The Hall–Kier alpha value is -3.41. The van der Waals surface area contributed by atoms with E-state index in [9.17, 15) is 9.59 Å². The highest BCUT2D eigenvalue weighted by Crippen LogP contribution is 2.27. The summed E-state index contributed by atoms with van der Waals surface area (Å²) in [5.74, 6) is -1.09. The third kappa shape index (κ3) is 3.41. The zero-order valence-electron chi connectivity index (χ0n) is 15.7. The van der Waals surface area contributed by atoms with Crippen LogP contribution in [0.15, 0.2) is 54.7 Å². The summed E-state index contributed by atoms with van der Waals surface area (Å²) in [6.45, 7) is 4.31. The summed E-state index contributed by atoms with van der Waals surface area (Å²) in [7, 11) is 0. The Balaban J connectivity index is 1.76. The number of rotatable bonds is 4. The van der Waals surface area contributed by atoms with E-state index >= 15 is 0 Å². The molecular formula is C22H20N2O4. The monoisotopic (exact) mass is 376 g/mol. The zero-order chi connectivity index (χ0) is 19.7. The lowest BCUT2D eigenvalue weighted by Gasteiger charge is -2.09. The molecule has 0 N–H and O–H groups in total. The highest BCUT2D eigenvalue weighted by Gasteiger charge is 2.32. The predicted octanol–water partition coefficient (Wildman–Crippen LogP) is 3.63. The molecule has 0 amide bonds. The Morgan fingerprint density at radius 2 is 1.93 bits per heavy atom. The van der Waals surface area contributed by atoms with Gasteiger partial charge in [0.05, 0.1) is 12.3 Å². The predicted molar refractivity (Wildman–Crippen MR) is 103 cm³/mol. The van der Waals surface area contributed by atoms with Crippen molar-refractivity contribution in [3.63, 3.8) is 0 Å². The number of esters is 2. The summed E-state index contributed by atoms with van der Waals surface area (Å²) in [5.41, 5.74) is 4.73. The largest absolute Gasteiger partial charge is 0.463 e. The lowest BCUT2D eigenvalue weighted by Crippen LogP contribution is -2.22. The van der Waals surface area contributed by atoms with Gasteiger partial charge in [-0.1, -0.05) is 30.3 Å². The van der Waals surface area contributed by atoms with E-state index in [1.54, 1.807) is 10.9 Å². The minimum atomic E-state index is -0.861. The number of carbonyl (C=O) groups is 2. The average Bonchev–Trinajstić information content (AvgIpc) is 3.32. The first kappa shape index (κ1) is 18.0. The summed E-state index contributed by atoms with van der Waals surface area (Å²) in [5, 5.41) is 4.64. The molecular weight excluding hydrogens is 356 g/mol. The van der Waals surface area contributed by atoms with Crippen LogP contribution in [0.25, 0.3) is 16.9 Å². The number of aromatic nitrogens is 2. The minimum absolute atomic E-state index is 0.268. The summed E-state index contributed by atoms with van der Waals surface area (Å²) in [6.07, 6.45) is 1.15. The molecule has 1 aliphatic rings. The lowest BCUT2D eigenvalue weighted by molar-refractivity contribution is -0.145. The van der Waals surface area contributed by atoms with Gasteiger partial charge in [0.1, 0.15) is 11.3 Å². The quantitative estimate of drug-likeness (QED) is 0.651. The van der Waals surface area contributed by atoms with E-state index in [-0.39, 0.29) is 6.61 Å². The first-order chi connectivity index (χ1) is 13.5. The Labute approximate surface area is 162 Å². The number of hydrogen-bond donors (Lipinski definition) is 0. The molecule has 1 atom stereocenters. The van der Waals surface area contributed by atoms with Gasteiger partial charge in [-0.2, -0.15) is 5.10 Å². The third-order valence-corrected chi connectivity index (χ3v) is 4.87. The van der Waals surface area contributed by atoms with Crippen LogP contribution >= 0.6 is 0 Å². The molecule has 2 aromatic carbocycles. The average molecular weight is 376 g/mol. The van der Waals surface area contributed by atoms with Crippen molar-refractivity contribution >= 4 is 11.9 Å². The fourth-order valence-corrected chi connectivity index (χ4v) is 3.12. The van der Waals surface area contributed by atoms with Gasteiger partial charge in [0.25, 0.3) is 0 Å². The third-order valence-electron chi connectivity index (χ3n) is 4.87. The second-order valence-corrected chi connectivity index (χ2v) is 6.82. The van der Waals surface area contributed by atoms with Crippen molar-refractivity contribution in [3.05, 3.63) is 71.4 Å². The standard InChI is InChI=1S/C22H20N2O4/c1-14-8-9-16(12-15(14)2)20-18(21(25)28-19-10-11-27-22(19)26)13-24(23-20)17-6-4-3-5-7-17/h3-9,12-13,19H,10-11H2,1-2H3/t19-/m1/s1. The number of benzene rings is 2. The van der Waals surface area contributed by atoms with Gasteiger partial charge < -0.3 is 9.47 Å². The number of carbonyl (C=O) groups excluding carboxylic acids is 2. The molecule has 1 aliphatic heterocycles. The Kier molecular flexibility index (Phi) is 4.69. The van der Waals surface area contributed by atoms with E-state index < -0.39 is 18.0 Å². The van der Waals surface area contributed by atoms with Crippen molar-refractivity contribution in [1.82, 2.24) is 9.78 Å². The number of aryl methyl sites for hydroxylation is 2. The summed E-state index contributed by atoms with van der Waals surface area (Å²) < 4.78 is 11.9. The SMILES string of the molecule is Cc1ccc(-c2nn(-c3ccccc3)cc2C(=O)O[C@@H]2CCOC2=O)cc1C. The number of hydrogen-bond acceptors (Lipinski definition) is 5. The maximum Gasteiger partial charge on any atom is 0.347 e. The molecule has 3 aromatic rings. The second-order valence-electron chi connectivity index (χ2n) is 6.82. The molecule has 1 saturated heterocycles. The molecule has 28 heavy (non-hydrogen) atoms. The summed E-state index contributed by atoms with van der Waals surface area (Å²) in [6, 6.07) is 15.4. The zero-order valence-corrected chi connectivity index (χ0v) is 15.7. The van der Waals surface area contributed by atoms with E-state index in [0.717, 1.165) is 22.4 Å². The van der Waals surface area contributed by atoms with E-state index in [0.29, 0.717) is 17.7 Å². The van der Waals surface area contributed by atoms with Gasteiger partial charge in [-0.15, -0.1) is 0 Å². The molecule has 6 nitrogen and oxygen atoms in total. The van der Waals surface area contributed by atoms with Crippen LogP contribution in [0.4, 0.5) is 0 Å². The van der Waals surface area contributed by atoms with Gasteiger partial charge in [0.2, 0.25) is 6.10 Å². The van der Waals surface area contributed by atoms with E-state index in [4.69, 9.17) is 9.47 Å². The molecule has 0 aliphatic carbocycles. The smallest absolute Gasteiger partial charge is 0.347 e. The van der Waals surface area contributed by atoms with Crippen LogP contribution in [0.1, 0.15) is 27.9 Å². The van der Waals surface area contributed by atoms with Crippen molar-refractivity contribution in [1.29, 1.82) is 0 Å². The Bertz CT molecular complexity index is 1040.